The summed E-state index contributed by atoms with van der Waals surface area (Å²) in [5.41, 5.74) is 0.366. The van der Waals surface area contributed by atoms with Crippen molar-refractivity contribution >= 4 is 43.7 Å². The van der Waals surface area contributed by atoms with Crippen molar-refractivity contribution in [2.75, 3.05) is 6.54 Å². The van der Waals surface area contributed by atoms with E-state index in [0.717, 1.165) is 4.47 Å². The average molecular weight is 367 g/mol. The summed E-state index contributed by atoms with van der Waals surface area (Å²) in [7, 11) is 0. The van der Waals surface area contributed by atoms with Crippen LogP contribution in [0.25, 0.3) is 0 Å². The Hall–Kier alpha value is -0.920. The van der Waals surface area contributed by atoms with Crippen molar-refractivity contribution in [3.8, 4) is 0 Å². The van der Waals surface area contributed by atoms with Crippen LogP contribution in [0.15, 0.2) is 27.1 Å². The monoisotopic (exact) mass is 365 g/mol. The summed E-state index contributed by atoms with van der Waals surface area (Å²) < 4.78 is 1.39. The summed E-state index contributed by atoms with van der Waals surface area (Å²) in [6.45, 7) is -0.337. The molecule has 0 spiro atoms. The molecule has 7 heteroatoms. The van der Waals surface area contributed by atoms with E-state index in [1.165, 1.54) is 0 Å². The molecule has 0 aromatic heterocycles. The number of aliphatic hydroxyl groups is 1. The highest BCUT2D eigenvalue weighted by Crippen LogP contribution is 2.21. The molecule has 0 heterocycles. The van der Waals surface area contributed by atoms with Crippen molar-refractivity contribution in [1.82, 2.24) is 5.32 Å². The summed E-state index contributed by atoms with van der Waals surface area (Å²) in [4.78, 5) is 22.0. The number of carbonyl (C=O) groups excluding carboxylic acids is 1. The fraction of sp³-hybridized carbons (Fsp3) is 0.200. The number of rotatable bonds is 4. The van der Waals surface area contributed by atoms with E-state index >= 15 is 0 Å². The smallest absolute Gasteiger partial charge is 0.334 e. The Morgan fingerprint density at radius 3 is 2.53 bits per heavy atom. The molecule has 1 rings (SSSR count). The lowest BCUT2D eigenvalue weighted by Gasteiger charge is -2.09. The second kappa shape index (κ2) is 6.13. The lowest BCUT2D eigenvalue weighted by atomic mass is 10.2. The van der Waals surface area contributed by atoms with Crippen molar-refractivity contribution in [2.24, 2.45) is 0 Å². The van der Waals surface area contributed by atoms with Crippen LogP contribution in [0.2, 0.25) is 0 Å². The number of halogens is 2. The van der Waals surface area contributed by atoms with Gasteiger partial charge in [-0.3, -0.25) is 4.79 Å². The molecule has 1 aromatic rings. The van der Waals surface area contributed by atoms with Crippen molar-refractivity contribution in [1.29, 1.82) is 0 Å². The number of carboxylic acids is 1. The Balaban J connectivity index is 2.67. The zero-order chi connectivity index (χ0) is 13.0. The minimum Gasteiger partial charge on any atom is -0.479 e. The van der Waals surface area contributed by atoms with E-state index in [-0.39, 0.29) is 6.54 Å². The highest BCUT2D eigenvalue weighted by Gasteiger charge is 2.16. The van der Waals surface area contributed by atoms with Crippen LogP contribution in [0.4, 0.5) is 0 Å². The minimum atomic E-state index is -1.60. The van der Waals surface area contributed by atoms with Crippen LogP contribution in [0.3, 0.4) is 0 Å². The zero-order valence-corrected chi connectivity index (χ0v) is 11.7. The van der Waals surface area contributed by atoms with Gasteiger partial charge in [0.05, 0.1) is 12.1 Å². The molecule has 92 valence electrons. The Kier molecular flexibility index (Phi) is 5.10. The predicted octanol–water partition coefficient (Wildman–Crippen LogP) is 1.39. The van der Waals surface area contributed by atoms with E-state index in [9.17, 15) is 9.59 Å². The molecule has 0 unspecified atom stereocenters. The lowest BCUT2D eigenvalue weighted by Crippen LogP contribution is -2.36. The summed E-state index contributed by atoms with van der Waals surface area (Å²) in [5.74, 6) is -1.83. The van der Waals surface area contributed by atoms with Gasteiger partial charge >= 0.3 is 5.97 Å². The highest BCUT2D eigenvalue weighted by atomic mass is 79.9. The van der Waals surface area contributed by atoms with E-state index in [0.29, 0.717) is 10.0 Å². The molecule has 0 fully saturated rings. The first-order chi connectivity index (χ1) is 7.91. The van der Waals surface area contributed by atoms with Gasteiger partial charge < -0.3 is 15.5 Å². The molecule has 1 amide bonds. The third-order valence-electron chi connectivity index (χ3n) is 1.92. The van der Waals surface area contributed by atoms with Crippen LogP contribution in [-0.4, -0.2) is 34.7 Å². The molecule has 17 heavy (non-hydrogen) atoms. The Morgan fingerprint density at radius 1 is 1.35 bits per heavy atom. The van der Waals surface area contributed by atoms with E-state index in [4.69, 9.17) is 10.2 Å². The Morgan fingerprint density at radius 2 is 2.00 bits per heavy atom. The topological polar surface area (TPSA) is 86.6 Å². The van der Waals surface area contributed by atoms with E-state index < -0.39 is 18.0 Å². The maximum absolute atomic E-state index is 11.6. The molecule has 0 aliphatic rings. The fourth-order valence-electron chi connectivity index (χ4n) is 1.05. The van der Waals surface area contributed by atoms with Gasteiger partial charge in [-0.2, -0.15) is 0 Å². The number of carbonyl (C=O) groups is 2. The standard InChI is InChI=1S/C10H9Br2NO4/c11-5-1-2-6(7(12)3-5)9(15)13-4-8(14)10(16)17/h1-3,8,14H,4H2,(H,13,15)(H,16,17)/t8-/m0/s1. The van der Waals surface area contributed by atoms with E-state index in [2.05, 4.69) is 37.2 Å². The summed E-state index contributed by atoms with van der Waals surface area (Å²) in [6, 6.07) is 4.96. The number of benzene rings is 1. The largest absolute Gasteiger partial charge is 0.479 e. The zero-order valence-electron chi connectivity index (χ0n) is 8.48. The molecule has 5 nitrogen and oxygen atoms in total. The summed E-state index contributed by atoms with van der Waals surface area (Å²) in [6.07, 6.45) is -1.60. The summed E-state index contributed by atoms with van der Waals surface area (Å²) in [5, 5.41) is 19.8. The number of aliphatic hydroxyl groups excluding tert-OH is 1. The average Bonchev–Trinajstić information content (AvgIpc) is 2.25. The highest BCUT2D eigenvalue weighted by molar-refractivity contribution is 9.11. The number of hydrogen-bond acceptors (Lipinski definition) is 3. The van der Waals surface area contributed by atoms with Gasteiger partial charge in [-0.05, 0) is 34.1 Å². The molecule has 0 aliphatic carbocycles. The summed E-state index contributed by atoms with van der Waals surface area (Å²) >= 11 is 6.46. The van der Waals surface area contributed by atoms with Crippen LogP contribution in [0.1, 0.15) is 10.4 Å². The van der Waals surface area contributed by atoms with Gasteiger partial charge in [0.15, 0.2) is 6.10 Å². The molecular weight excluding hydrogens is 358 g/mol. The van der Waals surface area contributed by atoms with Gasteiger partial charge in [-0.1, -0.05) is 15.9 Å². The first-order valence-corrected chi connectivity index (χ1v) is 6.14. The van der Waals surface area contributed by atoms with Crippen LogP contribution < -0.4 is 5.32 Å². The Labute approximate surface area is 114 Å². The molecule has 0 saturated carbocycles. The van der Waals surface area contributed by atoms with Gasteiger partial charge in [0.25, 0.3) is 5.91 Å². The quantitative estimate of drug-likeness (QED) is 0.751. The SMILES string of the molecule is O=C(NC[C@H](O)C(=O)O)c1ccc(Br)cc1Br. The van der Waals surface area contributed by atoms with Crippen LogP contribution >= 0.6 is 31.9 Å². The van der Waals surface area contributed by atoms with Gasteiger partial charge in [0, 0.05) is 8.95 Å². The number of carboxylic acid groups (broad SMARTS) is 1. The maximum atomic E-state index is 11.6. The van der Waals surface area contributed by atoms with Gasteiger partial charge in [0.1, 0.15) is 0 Å². The van der Waals surface area contributed by atoms with Crippen LogP contribution in [0, 0.1) is 0 Å². The molecular formula is C10H9Br2NO4. The second-order valence-corrected chi connectivity index (χ2v) is 4.96. The number of hydrogen-bond donors (Lipinski definition) is 3. The lowest BCUT2D eigenvalue weighted by molar-refractivity contribution is -0.146. The molecule has 0 radical (unpaired) electrons. The Bertz CT molecular complexity index is 450. The predicted molar refractivity (Wildman–Crippen MR) is 67.8 cm³/mol. The molecule has 3 N–H and O–H groups in total. The molecule has 0 saturated heterocycles. The maximum Gasteiger partial charge on any atom is 0.334 e. The second-order valence-electron chi connectivity index (χ2n) is 3.19. The van der Waals surface area contributed by atoms with Gasteiger partial charge in [0.2, 0.25) is 0 Å². The van der Waals surface area contributed by atoms with Crippen molar-refractivity contribution in [3.63, 3.8) is 0 Å². The van der Waals surface area contributed by atoms with Crippen molar-refractivity contribution < 1.29 is 19.8 Å². The first-order valence-electron chi connectivity index (χ1n) is 4.56. The molecule has 0 aliphatic heterocycles. The van der Waals surface area contributed by atoms with Crippen molar-refractivity contribution in [3.05, 3.63) is 32.7 Å². The van der Waals surface area contributed by atoms with Crippen LogP contribution in [-0.2, 0) is 4.79 Å². The number of nitrogens with one attached hydrogen (secondary N) is 1. The minimum absolute atomic E-state index is 0.337. The normalized spacial score (nSPS) is 11.9. The number of amides is 1. The molecule has 0 bridgehead atoms. The third kappa shape index (κ3) is 4.10. The first kappa shape index (κ1) is 14.1. The third-order valence-corrected chi connectivity index (χ3v) is 3.07. The fourth-order valence-corrected chi connectivity index (χ4v) is 2.27. The number of aliphatic carboxylic acids is 1. The van der Waals surface area contributed by atoms with E-state index in [1.807, 2.05) is 0 Å². The molecule has 1 atom stereocenters. The van der Waals surface area contributed by atoms with Crippen molar-refractivity contribution in [2.45, 2.75) is 6.10 Å². The molecule has 1 aromatic carbocycles. The van der Waals surface area contributed by atoms with Gasteiger partial charge in [-0.25, -0.2) is 4.79 Å². The van der Waals surface area contributed by atoms with E-state index in [1.54, 1.807) is 18.2 Å². The van der Waals surface area contributed by atoms with Crippen LogP contribution in [0.5, 0.6) is 0 Å². The van der Waals surface area contributed by atoms with Gasteiger partial charge in [-0.15, -0.1) is 0 Å².